The Balaban J connectivity index is 2.96. The first-order valence-electron chi connectivity index (χ1n) is 5.12. The number of rotatable bonds is 5. The largest absolute Gasteiger partial charge is 0.479 e. The van der Waals surface area contributed by atoms with Crippen LogP contribution in [0.25, 0.3) is 0 Å². The fraction of sp³-hybridized carbons (Fsp3) is 0.417. The molecule has 0 saturated carbocycles. The van der Waals surface area contributed by atoms with E-state index in [1.54, 1.807) is 30.3 Å². The van der Waals surface area contributed by atoms with Gasteiger partial charge in [-0.1, -0.05) is 43.7 Å². The van der Waals surface area contributed by atoms with Crippen LogP contribution in [-0.2, 0) is 10.4 Å². The Morgan fingerprint density at radius 1 is 1.33 bits per heavy atom. The molecule has 0 radical (unpaired) electrons. The van der Waals surface area contributed by atoms with Gasteiger partial charge in [0, 0.05) is 0 Å². The van der Waals surface area contributed by atoms with Gasteiger partial charge in [0.25, 0.3) is 0 Å². The summed E-state index contributed by atoms with van der Waals surface area (Å²) in [4.78, 5) is 11.1. The van der Waals surface area contributed by atoms with Crippen molar-refractivity contribution in [1.29, 1.82) is 0 Å². The molecule has 1 atom stereocenters. The second kappa shape index (κ2) is 4.94. The number of aliphatic hydroxyl groups is 1. The van der Waals surface area contributed by atoms with Gasteiger partial charge in [0.15, 0.2) is 5.60 Å². The Hall–Kier alpha value is -1.35. The number of hydrogen-bond donors (Lipinski definition) is 2. The minimum Gasteiger partial charge on any atom is -0.479 e. The highest BCUT2D eigenvalue weighted by Crippen LogP contribution is 2.27. The van der Waals surface area contributed by atoms with E-state index >= 15 is 0 Å². The van der Waals surface area contributed by atoms with Crippen LogP contribution in [0, 0.1) is 0 Å². The number of unbranched alkanes of at least 4 members (excludes halogenated alkanes) is 1. The fourth-order valence-electron chi connectivity index (χ4n) is 1.52. The zero-order chi connectivity index (χ0) is 11.3. The van der Waals surface area contributed by atoms with Crippen molar-refractivity contribution in [3.63, 3.8) is 0 Å². The maximum atomic E-state index is 11.1. The van der Waals surface area contributed by atoms with Gasteiger partial charge >= 0.3 is 5.97 Å². The molecule has 2 N–H and O–H groups in total. The van der Waals surface area contributed by atoms with Crippen molar-refractivity contribution in [2.45, 2.75) is 31.8 Å². The molecule has 82 valence electrons. The molecule has 1 unspecified atom stereocenters. The normalized spacial score (nSPS) is 14.5. The van der Waals surface area contributed by atoms with Crippen LogP contribution in [0.5, 0.6) is 0 Å². The predicted octanol–water partition coefficient (Wildman–Crippen LogP) is 2.15. The first-order valence-corrected chi connectivity index (χ1v) is 5.12. The SMILES string of the molecule is CCCCC(O)(C(=O)O)c1ccccc1. The van der Waals surface area contributed by atoms with Gasteiger partial charge in [0.05, 0.1) is 0 Å². The molecule has 0 saturated heterocycles. The van der Waals surface area contributed by atoms with Crippen molar-refractivity contribution in [1.82, 2.24) is 0 Å². The lowest BCUT2D eigenvalue weighted by Gasteiger charge is -2.23. The summed E-state index contributed by atoms with van der Waals surface area (Å²) in [6.07, 6.45) is 1.81. The lowest BCUT2D eigenvalue weighted by atomic mass is 9.89. The van der Waals surface area contributed by atoms with Crippen LogP contribution in [0.15, 0.2) is 30.3 Å². The molecule has 0 fully saturated rings. The second-order valence-electron chi connectivity index (χ2n) is 3.64. The van der Waals surface area contributed by atoms with E-state index in [0.717, 1.165) is 6.42 Å². The van der Waals surface area contributed by atoms with E-state index in [1.807, 2.05) is 6.92 Å². The minimum atomic E-state index is -1.74. The summed E-state index contributed by atoms with van der Waals surface area (Å²) in [5, 5.41) is 19.2. The lowest BCUT2D eigenvalue weighted by molar-refractivity contribution is -0.160. The third kappa shape index (κ3) is 2.57. The maximum absolute atomic E-state index is 11.1. The average molecular weight is 208 g/mol. The van der Waals surface area contributed by atoms with Gasteiger partial charge in [0.2, 0.25) is 0 Å². The molecule has 1 rings (SSSR count). The number of aliphatic carboxylic acids is 1. The van der Waals surface area contributed by atoms with Crippen molar-refractivity contribution >= 4 is 5.97 Å². The van der Waals surface area contributed by atoms with E-state index in [-0.39, 0.29) is 6.42 Å². The van der Waals surface area contributed by atoms with Gasteiger partial charge in [-0.3, -0.25) is 0 Å². The van der Waals surface area contributed by atoms with Crippen LogP contribution in [0.4, 0.5) is 0 Å². The molecule has 0 heterocycles. The molecule has 3 nitrogen and oxygen atoms in total. The summed E-state index contributed by atoms with van der Waals surface area (Å²) in [6, 6.07) is 8.55. The van der Waals surface area contributed by atoms with Crippen molar-refractivity contribution in [2.24, 2.45) is 0 Å². The van der Waals surface area contributed by atoms with Crippen LogP contribution >= 0.6 is 0 Å². The third-order valence-electron chi connectivity index (χ3n) is 2.50. The van der Waals surface area contributed by atoms with Crippen molar-refractivity contribution < 1.29 is 15.0 Å². The van der Waals surface area contributed by atoms with Gasteiger partial charge in [-0.2, -0.15) is 0 Å². The molecule has 15 heavy (non-hydrogen) atoms. The third-order valence-corrected chi connectivity index (χ3v) is 2.50. The molecule has 1 aromatic rings. The molecule has 0 bridgehead atoms. The van der Waals surface area contributed by atoms with E-state index < -0.39 is 11.6 Å². The molecule has 1 aromatic carbocycles. The Bertz CT molecular complexity index is 321. The highest BCUT2D eigenvalue weighted by atomic mass is 16.4. The van der Waals surface area contributed by atoms with Gasteiger partial charge in [-0.15, -0.1) is 0 Å². The summed E-state index contributed by atoms with van der Waals surface area (Å²) in [5.41, 5.74) is -1.29. The molecule has 0 spiro atoms. The van der Waals surface area contributed by atoms with Gasteiger partial charge in [-0.25, -0.2) is 4.79 Å². The van der Waals surface area contributed by atoms with Crippen LogP contribution in [0.1, 0.15) is 31.7 Å². The Kier molecular flexibility index (Phi) is 3.86. The summed E-state index contributed by atoms with van der Waals surface area (Å²) >= 11 is 0. The standard InChI is InChI=1S/C12H16O3/c1-2-3-9-12(15,11(13)14)10-7-5-4-6-8-10/h4-8,15H,2-3,9H2,1H3,(H,13,14). The fourth-order valence-corrected chi connectivity index (χ4v) is 1.52. The van der Waals surface area contributed by atoms with Crippen molar-refractivity contribution in [3.8, 4) is 0 Å². The van der Waals surface area contributed by atoms with Crippen molar-refractivity contribution in [2.75, 3.05) is 0 Å². The van der Waals surface area contributed by atoms with E-state index in [0.29, 0.717) is 12.0 Å². The molecule has 3 heteroatoms. The quantitative estimate of drug-likeness (QED) is 0.779. The van der Waals surface area contributed by atoms with E-state index in [9.17, 15) is 9.90 Å². The van der Waals surface area contributed by atoms with Crippen LogP contribution < -0.4 is 0 Å². The molecule has 0 aliphatic carbocycles. The number of carboxylic acid groups (broad SMARTS) is 1. The summed E-state index contributed by atoms with van der Waals surface area (Å²) in [7, 11) is 0. The van der Waals surface area contributed by atoms with Gasteiger partial charge < -0.3 is 10.2 Å². The first-order chi connectivity index (χ1) is 7.11. The summed E-state index contributed by atoms with van der Waals surface area (Å²) in [5.74, 6) is -1.18. The van der Waals surface area contributed by atoms with Gasteiger partial charge in [-0.05, 0) is 18.4 Å². The second-order valence-corrected chi connectivity index (χ2v) is 3.64. The van der Waals surface area contributed by atoms with Crippen molar-refractivity contribution in [3.05, 3.63) is 35.9 Å². The average Bonchev–Trinajstić information content (AvgIpc) is 2.27. The van der Waals surface area contributed by atoms with E-state index in [2.05, 4.69) is 0 Å². The van der Waals surface area contributed by atoms with E-state index in [4.69, 9.17) is 5.11 Å². The van der Waals surface area contributed by atoms with Crippen LogP contribution in [0.2, 0.25) is 0 Å². The monoisotopic (exact) mass is 208 g/mol. The Morgan fingerprint density at radius 2 is 1.93 bits per heavy atom. The number of hydrogen-bond acceptors (Lipinski definition) is 2. The zero-order valence-electron chi connectivity index (χ0n) is 8.81. The summed E-state index contributed by atoms with van der Waals surface area (Å²) < 4.78 is 0. The molecule has 0 aromatic heterocycles. The molecular weight excluding hydrogens is 192 g/mol. The molecule has 0 aliphatic heterocycles. The predicted molar refractivity (Wildman–Crippen MR) is 57.5 cm³/mol. The highest BCUT2D eigenvalue weighted by molar-refractivity contribution is 5.79. The first kappa shape index (κ1) is 11.7. The Morgan fingerprint density at radius 3 is 2.40 bits per heavy atom. The number of carbonyl (C=O) groups is 1. The lowest BCUT2D eigenvalue weighted by Crippen LogP contribution is -2.35. The van der Waals surface area contributed by atoms with Gasteiger partial charge in [0.1, 0.15) is 0 Å². The minimum absolute atomic E-state index is 0.253. The van der Waals surface area contributed by atoms with Crippen LogP contribution in [-0.4, -0.2) is 16.2 Å². The maximum Gasteiger partial charge on any atom is 0.340 e. The van der Waals surface area contributed by atoms with Crippen LogP contribution in [0.3, 0.4) is 0 Å². The topological polar surface area (TPSA) is 57.5 Å². The number of benzene rings is 1. The summed E-state index contributed by atoms with van der Waals surface area (Å²) in [6.45, 7) is 1.97. The number of carboxylic acids is 1. The molecule has 0 aliphatic rings. The Labute approximate surface area is 89.4 Å². The highest BCUT2D eigenvalue weighted by Gasteiger charge is 2.36. The smallest absolute Gasteiger partial charge is 0.340 e. The molecular formula is C12H16O3. The van der Waals surface area contributed by atoms with E-state index in [1.165, 1.54) is 0 Å². The zero-order valence-corrected chi connectivity index (χ0v) is 8.81. The molecule has 0 amide bonds.